The fourth-order valence-electron chi connectivity index (χ4n) is 2.66. The Balaban J connectivity index is 1.99. The molecule has 4 heteroatoms. The Morgan fingerprint density at radius 1 is 1.24 bits per heavy atom. The Bertz CT molecular complexity index is 427. The molecule has 1 aromatic carbocycles. The van der Waals surface area contributed by atoms with Gasteiger partial charge in [-0.15, -0.1) is 0 Å². The SMILES string of the molecule is CCC(CC)COc1ccc(N2CCCNCC2)c(F)c1. The lowest BCUT2D eigenvalue weighted by molar-refractivity contribution is 0.240. The van der Waals surface area contributed by atoms with Crippen molar-refractivity contribution >= 4 is 5.69 Å². The average Bonchev–Trinajstić information content (AvgIpc) is 2.77. The maximum Gasteiger partial charge on any atom is 0.150 e. The standard InChI is InChI=1S/C17H27FN2O/c1-3-14(4-2)13-21-15-6-7-17(16(18)12-15)20-10-5-8-19-9-11-20/h6-7,12,14,19H,3-5,8-11,13H2,1-2H3. The summed E-state index contributed by atoms with van der Waals surface area (Å²) in [5.41, 5.74) is 0.689. The van der Waals surface area contributed by atoms with Gasteiger partial charge in [0.25, 0.3) is 0 Å². The molecule has 0 radical (unpaired) electrons. The number of benzene rings is 1. The number of ether oxygens (including phenoxy) is 1. The van der Waals surface area contributed by atoms with Crippen molar-refractivity contribution in [2.45, 2.75) is 33.1 Å². The van der Waals surface area contributed by atoms with Crippen LogP contribution < -0.4 is 15.0 Å². The predicted molar refractivity (Wildman–Crippen MR) is 85.7 cm³/mol. The summed E-state index contributed by atoms with van der Waals surface area (Å²) in [7, 11) is 0. The molecule has 1 N–H and O–H groups in total. The monoisotopic (exact) mass is 294 g/mol. The van der Waals surface area contributed by atoms with Gasteiger partial charge in [-0.2, -0.15) is 0 Å². The van der Waals surface area contributed by atoms with E-state index in [-0.39, 0.29) is 5.82 Å². The highest BCUT2D eigenvalue weighted by atomic mass is 19.1. The van der Waals surface area contributed by atoms with Crippen LogP contribution in [-0.2, 0) is 0 Å². The Morgan fingerprint density at radius 2 is 2.05 bits per heavy atom. The molecule has 2 rings (SSSR count). The van der Waals surface area contributed by atoms with Gasteiger partial charge in [0, 0.05) is 25.7 Å². The molecular weight excluding hydrogens is 267 g/mol. The lowest BCUT2D eigenvalue weighted by atomic mass is 10.1. The van der Waals surface area contributed by atoms with Crippen molar-refractivity contribution in [1.29, 1.82) is 0 Å². The minimum Gasteiger partial charge on any atom is -0.493 e. The number of nitrogens with zero attached hydrogens (tertiary/aromatic N) is 1. The first kappa shape index (κ1) is 16.1. The summed E-state index contributed by atoms with van der Waals surface area (Å²) in [6.45, 7) is 8.66. The summed E-state index contributed by atoms with van der Waals surface area (Å²) in [5.74, 6) is 1.000. The van der Waals surface area contributed by atoms with Crippen LogP contribution in [0.3, 0.4) is 0 Å². The molecule has 1 aromatic rings. The molecule has 0 aromatic heterocycles. The normalized spacial score (nSPS) is 16.1. The third-order valence-corrected chi connectivity index (χ3v) is 4.24. The average molecular weight is 294 g/mol. The lowest BCUT2D eigenvalue weighted by Gasteiger charge is -2.23. The zero-order valence-corrected chi connectivity index (χ0v) is 13.2. The number of halogens is 1. The molecule has 0 aliphatic carbocycles. The van der Waals surface area contributed by atoms with Crippen molar-refractivity contribution in [3.63, 3.8) is 0 Å². The van der Waals surface area contributed by atoms with Gasteiger partial charge in [0.05, 0.1) is 12.3 Å². The Labute approximate surface area is 127 Å². The van der Waals surface area contributed by atoms with Gasteiger partial charge in [-0.05, 0) is 31.0 Å². The molecule has 3 nitrogen and oxygen atoms in total. The van der Waals surface area contributed by atoms with Crippen molar-refractivity contribution in [1.82, 2.24) is 5.32 Å². The van der Waals surface area contributed by atoms with E-state index in [1.807, 2.05) is 12.1 Å². The van der Waals surface area contributed by atoms with E-state index in [1.54, 1.807) is 0 Å². The second kappa shape index (κ2) is 8.23. The first-order chi connectivity index (χ1) is 10.2. The van der Waals surface area contributed by atoms with Crippen LogP contribution in [-0.4, -0.2) is 32.8 Å². The Morgan fingerprint density at radius 3 is 2.76 bits per heavy atom. The van der Waals surface area contributed by atoms with Gasteiger partial charge in [0.2, 0.25) is 0 Å². The van der Waals surface area contributed by atoms with Crippen LogP contribution in [0.5, 0.6) is 5.75 Å². The van der Waals surface area contributed by atoms with E-state index in [1.165, 1.54) is 6.07 Å². The number of hydrogen-bond donors (Lipinski definition) is 1. The van der Waals surface area contributed by atoms with E-state index in [2.05, 4.69) is 24.1 Å². The molecule has 0 unspecified atom stereocenters. The summed E-state index contributed by atoms with van der Waals surface area (Å²) in [6.07, 6.45) is 3.24. The maximum atomic E-state index is 14.3. The predicted octanol–water partition coefficient (Wildman–Crippen LogP) is 3.44. The first-order valence-electron chi connectivity index (χ1n) is 8.12. The van der Waals surface area contributed by atoms with Crippen LogP contribution in [0.1, 0.15) is 33.1 Å². The van der Waals surface area contributed by atoms with Crippen LogP contribution in [0, 0.1) is 11.7 Å². The molecular formula is C17H27FN2O. The summed E-state index contributed by atoms with van der Waals surface area (Å²) < 4.78 is 20.0. The minimum absolute atomic E-state index is 0.182. The van der Waals surface area contributed by atoms with Gasteiger partial charge in [0.1, 0.15) is 11.6 Å². The smallest absolute Gasteiger partial charge is 0.150 e. The van der Waals surface area contributed by atoms with Crippen LogP contribution in [0.4, 0.5) is 10.1 Å². The van der Waals surface area contributed by atoms with Crippen LogP contribution in [0.15, 0.2) is 18.2 Å². The minimum atomic E-state index is -0.182. The lowest BCUT2D eigenvalue weighted by Crippen LogP contribution is -2.28. The Kier molecular flexibility index (Phi) is 6.30. The zero-order valence-electron chi connectivity index (χ0n) is 13.2. The highest BCUT2D eigenvalue weighted by Crippen LogP contribution is 2.25. The molecule has 0 atom stereocenters. The molecule has 1 fully saturated rings. The van der Waals surface area contributed by atoms with Gasteiger partial charge in [-0.3, -0.25) is 0 Å². The quantitative estimate of drug-likeness (QED) is 0.870. The van der Waals surface area contributed by atoms with Crippen molar-refractivity contribution in [2.24, 2.45) is 5.92 Å². The van der Waals surface area contributed by atoms with Gasteiger partial charge >= 0.3 is 0 Å². The molecule has 0 spiro atoms. The summed E-state index contributed by atoms with van der Waals surface area (Å²) in [4.78, 5) is 2.11. The van der Waals surface area contributed by atoms with Crippen molar-refractivity contribution < 1.29 is 9.13 Å². The van der Waals surface area contributed by atoms with E-state index in [9.17, 15) is 4.39 Å². The number of rotatable bonds is 6. The Hall–Kier alpha value is -1.29. The number of hydrogen-bond acceptors (Lipinski definition) is 3. The molecule has 118 valence electrons. The van der Waals surface area contributed by atoms with E-state index in [0.29, 0.717) is 24.0 Å². The van der Waals surface area contributed by atoms with E-state index < -0.39 is 0 Å². The third-order valence-electron chi connectivity index (χ3n) is 4.24. The van der Waals surface area contributed by atoms with Crippen molar-refractivity contribution in [2.75, 3.05) is 37.7 Å². The number of nitrogens with one attached hydrogen (secondary N) is 1. The zero-order chi connectivity index (χ0) is 15.1. The molecule has 1 aliphatic rings. The second-order valence-electron chi connectivity index (χ2n) is 5.70. The first-order valence-corrected chi connectivity index (χ1v) is 8.12. The molecule has 0 bridgehead atoms. The fourth-order valence-corrected chi connectivity index (χ4v) is 2.66. The molecule has 1 aliphatic heterocycles. The molecule has 0 saturated carbocycles. The van der Waals surface area contributed by atoms with Crippen LogP contribution in [0.2, 0.25) is 0 Å². The highest BCUT2D eigenvalue weighted by Gasteiger charge is 2.14. The topological polar surface area (TPSA) is 24.5 Å². The summed E-state index contributed by atoms with van der Waals surface area (Å²) in [6, 6.07) is 5.26. The highest BCUT2D eigenvalue weighted by molar-refractivity contribution is 5.50. The number of anilines is 1. The van der Waals surface area contributed by atoms with Crippen molar-refractivity contribution in [3.8, 4) is 5.75 Å². The van der Waals surface area contributed by atoms with Crippen LogP contribution in [0.25, 0.3) is 0 Å². The molecule has 21 heavy (non-hydrogen) atoms. The molecule has 0 amide bonds. The second-order valence-corrected chi connectivity index (χ2v) is 5.70. The van der Waals surface area contributed by atoms with E-state index in [0.717, 1.165) is 45.4 Å². The van der Waals surface area contributed by atoms with Gasteiger partial charge in [-0.25, -0.2) is 4.39 Å². The van der Waals surface area contributed by atoms with E-state index in [4.69, 9.17) is 4.74 Å². The molecule has 1 saturated heterocycles. The third kappa shape index (κ3) is 4.60. The van der Waals surface area contributed by atoms with Gasteiger partial charge in [-0.1, -0.05) is 26.7 Å². The largest absolute Gasteiger partial charge is 0.493 e. The van der Waals surface area contributed by atoms with Gasteiger partial charge in [0.15, 0.2) is 0 Å². The molecule has 1 heterocycles. The summed E-state index contributed by atoms with van der Waals surface area (Å²) in [5, 5.41) is 3.33. The van der Waals surface area contributed by atoms with Crippen LogP contribution >= 0.6 is 0 Å². The maximum absolute atomic E-state index is 14.3. The fraction of sp³-hybridized carbons (Fsp3) is 0.647. The van der Waals surface area contributed by atoms with Crippen molar-refractivity contribution in [3.05, 3.63) is 24.0 Å². The summed E-state index contributed by atoms with van der Waals surface area (Å²) >= 11 is 0. The van der Waals surface area contributed by atoms with Gasteiger partial charge < -0.3 is 15.0 Å². The van der Waals surface area contributed by atoms with E-state index >= 15 is 0 Å².